The van der Waals surface area contributed by atoms with Crippen LogP contribution in [0.15, 0.2) is 54.6 Å². The molecule has 3 fully saturated rings. The summed E-state index contributed by atoms with van der Waals surface area (Å²) in [5.41, 5.74) is 7.56. The monoisotopic (exact) mass is 512 g/mol. The molecule has 5 rings (SSSR count). The van der Waals surface area contributed by atoms with Crippen LogP contribution in [-0.4, -0.2) is 58.0 Å². The number of benzene rings is 2. The molecule has 36 heavy (non-hydrogen) atoms. The number of urea groups is 1. The van der Waals surface area contributed by atoms with Gasteiger partial charge >= 0.3 is 12.0 Å². The van der Waals surface area contributed by atoms with Gasteiger partial charge in [0.05, 0.1) is 12.5 Å². The lowest BCUT2D eigenvalue weighted by Crippen LogP contribution is -2.55. The molecule has 0 radical (unpaired) electrons. The van der Waals surface area contributed by atoms with Crippen molar-refractivity contribution in [1.82, 2.24) is 15.1 Å². The first-order chi connectivity index (χ1) is 17.3. The number of halogens is 1. The second kappa shape index (κ2) is 11.4. The molecule has 1 aliphatic carbocycles. The van der Waals surface area contributed by atoms with Gasteiger partial charge in [0.15, 0.2) is 0 Å². The molecular weight excluding hydrogens is 480 g/mol. The number of rotatable bonds is 7. The fourth-order valence-electron chi connectivity index (χ4n) is 4.61. The van der Waals surface area contributed by atoms with Crippen molar-refractivity contribution >= 4 is 29.5 Å². The lowest BCUT2D eigenvalue weighted by atomic mass is 9.87. The zero-order chi connectivity index (χ0) is 25.7. The van der Waals surface area contributed by atoms with Gasteiger partial charge in [-0.25, -0.2) is 4.79 Å². The Morgan fingerprint density at radius 3 is 2.28 bits per heavy atom. The number of aliphatic carboxylic acids is 1. The molecule has 1 saturated carbocycles. The van der Waals surface area contributed by atoms with E-state index >= 15 is 0 Å². The van der Waals surface area contributed by atoms with Gasteiger partial charge in [-0.15, -0.1) is 0 Å². The van der Waals surface area contributed by atoms with Crippen molar-refractivity contribution in [3.8, 4) is 0 Å². The maximum absolute atomic E-state index is 13.1. The molecule has 8 nitrogen and oxygen atoms in total. The Kier molecular flexibility index (Phi) is 8.28. The highest BCUT2D eigenvalue weighted by molar-refractivity contribution is 6.30. The number of nitrogens with one attached hydrogen (secondary N) is 1. The first-order valence-corrected chi connectivity index (χ1v) is 12.8. The number of carbonyl (C=O) groups is 3. The predicted molar refractivity (Wildman–Crippen MR) is 137 cm³/mol. The molecule has 4 N–H and O–H groups in total. The van der Waals surface area contributed by atoms with Crippen molar-refractivity contribution in [3.63, 3.8) is 0 Å². The van der Waals surface area contributed by atoms with E-state index in [-0.39, 0.29) is 30.4 Å². The number of carboxylic acid groups (broad SMARTS) is 1. The summed E-state index contributed by atoms with van der Waals surface area (Å²) in [5.74, 6) is -0.733. The first kappa shape index (κ1) is 26.1. The van der Waals surface area contributed by atoms with Crippen LogP contribution < -0.4 is 11.1 Å². The highest BCUT2D eigenvalue weighted by Crippen LogP contribution is 2.31. The highest BCUT2D eigenvalue weighted by Gasteiger charge is 2.52. The zero-order valence-corrected chi connectivity index (χ0v) is 21.0. The summed E-state index contributed by atoms with van der Waals surface area (Å²) in [7, 11) is 0. The minimum Gasteiger partial charge on any atom is -0.481 e. The summed E-state index contributed by atoms with van der Waals surface area (Å²) in [4.78, 5) is 39.0. The van der Waals surface area contributed by atoms with Gasteiger partial charge in [0.25, 0.3) is 5.91 Å². The highest BCUT2D eigenvalue weighted by atomic mass is 35.5. The fourth-order valence-corrected chi connectivity index (χ4v) is 4.73. The number of hydrogen-bond donors (Lipinski definition) is 3. The van der Waals surface area contributed by atoms with Crippen LogP contribution in [0.2, 0.25) is 5.02 Å². The molecule has 2 heterocycles. The number of nitrogens with zero attached hydrogens (tertiary/aromatic N) is 2. The van der Waals surface area contributed by atoms with E-state index < -0.39 is 11.5 Å². The van der Waals surface area contributed by atoms with Gasteiger partial charge in [0.1, 0.15) is 5.54 Å². The third kappa shape index (κ3) is 6.43. The van der Waals surface area contributed by atoms with Crippen LogP contribution in [0.25, 0.3) is 0 Å². The molecule has 0 aromatic heterocycles. The summed E-state index contributed by atoms with van der Waals surface area (Å²) in [6, 6.07) is 17.0. The normalized spacial score (nSPS) is 20.0. The van der Waals surface area contributed by atoms with Gasteiger partial charge in [0.2, 0.25) is 0 Å². The number of imide groups is 1. The summed E-state index contributed by atoms with van der Waals surface area (Å²) in [5, 5.41) is 11.7. The van der Waals surface area contributed by atoms with Crippen molar-refractivity contribution in [2.75, 3.05) is 19.6 Å². The Morgan fingerprint density at radius 2 is 1.72 bits per heavy atom. The fraction of sp³-hybridized carbons (Fsp3) is 0.444. The Hall–Kier alpha value is -2.94. The number of hydrogen-bond acceptors (Lipinski definition) is 5. The molecule has 2 aromatic rings. The van der Waals surface area contributed by atoms with E-state index in [1.54, 1.807) is 12.1 Å². The van der Waals surface area contributed by atoms with Crippen LogP contribution in [0.1, 0.15) is 49.3 Å². The Labute approximate surface area is 216 Å². The average molecular weight is 513 g/mol. The van der Waals surface area contributed by atoms with Crippen LogP contribution in [0, 0.1) is 5.92 Å². The molecule has 3 aliphatic rings. The van der Waals surface area contributed by atoms with Crippen molar-refractivity contribution in [3.05, 3.63) is 70.7 Å². The molecule has 0 bridgehead atoms. The predicted octanol–water partition coefficient (Wildman–Crippen LogP) is 3.80. The number of amides is 3. The van der Waals surface area contributed by atoms with E-state index in [1.807, 2.05) is 30.3 Å². The molecule has 2 aliphatic heterocycles. The minimum absolute atomic E-state index is 0.00442. The van der Waals surface area contributed by atoms with Crippen LogP contribution in [0.4, 0.5) is 4.79 Å². The lowest BCUT2D eigenvalue weighted by molar-refractivity contribution is -0.138. The van der Waals surface area contributed by atoms with Crippen LogP contribution in [0.5, 0.6) is 0 Å². The molecule has 192 valence electrons. The van der Waals surface area contributed by atoms with Crippen molar-refractivity contribution < 1.29 is 19.5 Å². The van der Waals surface area contributed by atoms with Crippen molar-refractivity contribution in [2.45, 2.75) is 50.2 Å². The number of carboxylic acids is 1. The molecule has 2 saturated heterocycles. The van der Waals surface area contributed by atoms with E-state index in [1.165, 1.54) is 4.90 Å². The van der Waals surface area contributed by atoms with E-state index in [2.05, 4.69) is 22.3 Å². The van der Waals surface area contributed by atoms with Gasteiger partial charge < -0.3 is 21.1 Å². The molecule has 0 unspecified atom stereocenters. The van der Waals surface area contributed by atoms with E-state index in [0.29, 0.717) is 17.9 Å². The standard InChI is InChI=1S/C23H27ClN4O2.C4H6O2/c24-19-8-6-17(7-9-19)16-28-21(29)23(26-22(28)30)11-14-27(15-12-23)13-10-20(25)18-4-2-1-3-5-18;5-4(6)3-1-2-3/h1-9,20H,10-16,25H2,(H,26,30);3H,1-2H2,(H,5,6)/t20-;/m0./s1. The second-order valence-corrected chi connectivity index (χ2v) is 10.2. The largest absolute Gasteiger partial charge is 0.481 e. The van der Waals surface area contributed by atoms with E-state index in [9.17, 15) is 14.4 Å². The van der Waals surface area contributed by atoms with E-state index in [4.69, 9.17) is 22.4 Å². The smallest absolute Gasteiger partial charge is 0.325 e. The Morgan fingerprint density at radius 1 is 1.08 bits per heavy atom. The second-order valence-electron chi connectivity index (χ2n) is 9.79. The van der Waals surface area contributed by atoms with Gasteiger partial charge in [-0.05, 0) is 61.9 Å². The SMILES string of the molecule is N[C@@H](CCN1CCC2(CC1)NC(=O)N(Cc1ccc(Cl)cc1)C2=O)c1ccccc1.O=C(O)C1CC1. The molecule has 9 heteroatoms. The van der Waals surface area contributed by atoms with Gasteiger partial charge in [-0.3, -0.25) is 14.5 Å². The van der Waals surface area contributed by atoms with Crippen molar-refractivity contribution in [2.24, 2.45) is 11.7 Å². The number of nitrogens with two attached hydrogens (primary N) is 1. The molecular formula is C27H33ClN4O4. The summed E-state index contributed by atoms with van der Waals surface area (Å²) < 4.78 is 0. The lowest BCUT2D eigenvalue weighted by Gasteiger charge is -2.37. The Bertz CT molecular complexity index is 1070. The third-order valence-electron chi connectivity index (χ3n) is 7.12. The molecule has 1 spiro atoms. The average Bonchev–Trinajstić information content (AvgIpc) is 3.71. The minimum atomic E-state index is -0.776. The summed E-state index contributed by atoms with van der Waals surface area (Å²) in [6.45, 7) is 2.67. The first-order valence-electron chi connectivity index (χ1n) is 12.4. The number of piperidine rings is 1. The third-order valence-corrected chi connectivity index (χ3v) is 7.37. The number of carbonyl (C=O) groups excluding carboxylic acids is 2. The van der Waals surface area contributed by atoms with Crippen LogP contribution in [-0.2, 0) is 16.1 Å². The van der Waals surface area contributed by atoms with E-state index in [0.717, 1.165) is 50.0 Å². The summed E-state index contributed by atoms with van der Waals surface area (Å²) in [6.07, 6.45) is 3.90. The summed E-state index contributed by atoms with van der Waals surface area (Å²) >= 11 is 5.92. The molecule has 2 aromatic carbocycles. The molecule has 3 amide bonds. The quantitative estimate of drug-likeness (QED) is 0.486. The maximum Gasteiger partial charge on any atom is 0.325 e. The number of likely N-dealkylation sites (tertiary alicyclic amines) is 1. The van der Waals surface area contributed by atoms with Gasteiger partial charge in [-0.2, -0.15) is 0 Å². The molecule has 1 atom stereocenters. The zero-order valence-electron chi connectivity index (χ0n) is 20.2. The van der Waals surface area contributed by atoms with Gasteiger partial charge in [-0.1, -0.05) is 54.1 Å². The van der Waals surface area contributed by atoms with Crippen molar-refractivity contribution in [1.29, 1.82) is 0 Å². The Balaban J connectivity index is 0.000000445. The van der Waals surface area contributed by atoms with Crippen LogP contribution >= 0.6 is 11.6 Å². The topological polar surface area (TPSA) is 116 Å². The van der Waals surface area contributed by atoms with Gasteiger partial charge in [0, 0.05) is 24.2 Å². The maximum atomic E-state index is 13.1. The van der Waals surface area contributed by atoms with Crippen LogP contribution in [0.3, 0.4) is 0 Å².